The van der Waals surface area contributed by atoms with Gasteiger partial charge in [0.2, 0.25) is 13.9 Å². The number of nitrogens with zero attached hydrogens (tertiary/aromatic N) is 2. The molecule has 2 N–H and O–H groups in total. The number of hydrogen-bond acceptors (Lipinski definition) is 7. The van der Waals surface area contributed by atoms with Gasteiger partial charge >= 0.3 is 5.19 Å². The highest BCUT2D eigenvalue weighted by Crippen LogP contribution is 2.23. The first-order valence-corrected chi connectivity index (χ1v) is 7.80. The number of hydrogen-bond donors (Lipinski definition) is 1. The number of anilines is 1. The summed E-state index contributed by atoms with van der Waals surface area (Å²) < 4.78 is 17.3. The molecule has 0 fully saturated rings. The molecular weight excluding hydrogens is 278 g/mol. The van der Waals surface area contributed by atoms with Gasteiger partial charge in [0, 0.05) is 11.2 Å². The number of aromatic nitrogens is 2. The first-order chi connectivity index (χ1) is 7.97. The average Bonchev–Trinajstić information content (AvgIpc) is 2.63. The average molecular weight is 287 g/mol. The molecule has 8 heteroatoms. The van der Waals surface area contributed by atoms with E-state index in [-0.39, 0.29) is 10.3 Å². The van der Waals surface area contributed by atoms with E-state index >= 15 is 0 Å². The van der Waals surface area contributed by atoms with Crippen LogP contribution in [0.3, 0.4) is 0 Å². The Bertz CT molecular complexity index is 619. The third-order valence-corrected chi connectivity index (χ3v) is 4.66. The Morgan fingerprint density at radius 1 is 1.35 bits per heavy atom. The van der Waals surface area contributed by atoms with E-state index in [0.29, 0.717) is 4.90 Å². The van der Waals surface area contributed by atoms with E-state index in [2.05, 4.69) is 10.2 Å². The van der Waals surface area contributed by atoms with Gasteiger partial charge in [-0.2, -0.15) is 0 Å². The van der Waals surface area contributed by atoms with Crippen LogP contribution in [0.25, 0.3) is 0 Å². The number of aryl methyl sites for hydroxylation is 1. The molecule has 2 aromatic rings. The van der Waals surface area contributed by atoms with Gasteiger partial charge in [-0.15, -0.1) is 5.10 Å². The second kappa shape index (κ2) is 4.55. The second-order valence-electron chi connectivity index (χ2n) is 3.26. The van der Waals surface area contributed by atoms with Crippen molar-refractivity contribution in [3.8, 4) is 5.19 Å². The number of benzene rings is 1. The van der Waals surface area contributed by atoms with Crippen LogP contribution in [0.4, 0.5) is 5.13 Å². The maximum atomic E-state index is 12.2. The van der Waals surface area contributed by atoms with Crippen LogP contribution >= 0.6 is 11.3 Å². The Labute approximate surface area is 108 Å². The van der Waals surface area contributed by atoms with Crippen LogP contribution in [-0.2, 0) is 20.0 Å². The molecule has 0 saturated carbocycles. The van der Waals surface area contributed by atoms with Gasteiger partial charge in [-0.05, 0) is 30.4 Å². The van der Waals surface area contributed by atoms with Gasteiger partial charge in [0.15, 0.2) is 0 Å². The first kappa shape index (κ1) is 12.2. The largest absolute Gasteiger partial charge is 0.374 e. The summed E-state index contributed by atoms with van der Waals surface area (Å²) in [6.45, 7) is 1.93. The normalized spacial score (nSPS) is 14.2. The molecule has 1 heterocycles. The maximum Gasteiger partial charge on any atom is 0.311 e. The van der Waals surface area contributed by atoms with Crippen molar-refractivity contribution in [1.82, 2.24) is 10.2 Å². The molecule has 1 unspecified atom stereocenters. The lowest BCUT2D eigenvalue weighted by Crippen LogP contribution is -2.08. The van der Waals surface area contributed by atoms with Gasteiger partial charge in [-0.3, -0.25) is 0 Å². The summed E-state index contributed by atoms with van der Waals surface area (Å²) in [7, 11) is -3.03. The Balaban J connectivity index is 2.28. The topological polar surface area (TPSA) is 78.1 Å². The highest BCUT2D eigenvalue weighted by Gasteiger charge is 2.14. The summed E-state index contributed by atoms with van der Waals surface area (Å²) >= 11 is 5.95. The summed E-state index contributed by atoms with van der Waals surface area (Å²) in [6, 6.07) is 6.99. The van der Waals surface area contributed by atoms with Gasteiger partial charge in [0.25, 0.3) is 0 Å². The third-order valence-electron chi connectivity index (χ3n) is 1.91. The van der Waals surface area contributed by atoms with E-state index in [1.807, 2.05) is 19.1 Å². The predicted octanol–water partition coefficient (Wildman–Crippen LogP) is 1.53. The highest BCUT2D eigenvalue weighted by molar-refractivity contribution is 8.30. The molecule has 0 bridgehead atoms. The van der Waals surface area contributed by atoms with Crippen molar-refractivity contribution in [2.45, 2.75) is 11.8 Å². The Morgan fingerprint density at radius 2 is 2.00 bits per heavy atom. The van der Waals surface area contributed by atoms with Crippen LogP contribution < -0.4 is 9.92 Å². The van der Waals surface area contributed by atoms with Crippen LogP contribution in [0, 0.1) is 6.92 Å². The molecule has 0 aliphatic heterocycles. The molecular formula is C9H9N3O2S3. The van der Waals surface area contributed by atoms with Crippen molar-refractivity contribution in [3.63, 3.8) is 0 Å². The number of rotatable bonds is 3. The van der Waals surface area contributed by atoms with E-state index in [1.165, 1.54) is 0 Å². The standard InChI is InChI=1S/C9H9N3O2S3/c1-6-2-4-7(5-3-6)17(13,15)14-9-12-11-8(10)16-9/h2-5H,1H3,(H2,10,11). The van der Waals surface area contributed by atoms with E-state index in [1.54, 1.807) is 12.1 Å². The van der Waals surface area contributed by atoms with Crippen molar-refractivity contribution in [2.75, 3.05) is 5.73 Å². The summed E-state index contributed by atoms with van der Waals surface area (Å²) in [4.78, 5) is 0.437. The van der Waals surface area contributed by atoms with Crippen molar-refractivity contribution in [1.29, 1.82) is 0 Å². The van der Waals surface area contributed by atoms with Crippen LogP contribution in [0.5, 0.6) is 5.19 Å². The molecule has 90 valence electrons. The number of nitrogen functional groups attached to an aromatic ring is 1. The lowest BCUT2D eigenvalue weighted by atomic mass is 10.2. The first-order valence-electron chi connectivity index (χ1n) is 4.57. The Kier molecular flexibility index (Phi) is 3.27. The maximum absolute atomic E-state index is 12.2. The van der Waals surface area contributed by atoms with E-state index in [9.17, 15) is 4.21 Å². The second-order valence-corrected chi connectivity index (χ2v) is 7.09. The zero-order chi connectivity index (χ0) is 12.5. The van der Waals surface area contributed by atoms with Gasteiger partial charge < -0.3 is 9.92 Å². The fourth-order valence-corrected chi connectivity index (χ4v) is 3.31. The minimum absolute atomic E-state index is 0.114. The summed E-state index contributed by atoms with van der Waals surface area (Å²) in [5.74, 6) is 0. The Morgan fingerprint density at radius 3 is 2.53 bits per heavy atom. The van der Waals surface area contributed by atoms with Gasteiger partial charge in [-0.1, -0.05) is 22.8 Å². The molecule has 0 spiro atoms. The fraction of sp³-hybridized carbons (Fsp3) is 0.111. The molecule has 17 heavy (non-hydrogen) atoms. The quantitative estimate of drug-likeness (QED) is 0.922. The zero-order valence-electron chi connectivity index (χ0n) is 8.82. The predicted molar refractivity (Wildman–Crippen MR) is 69.9 cm³/mol. The third kappa shape index (κ3) is 2.90. The van der Waals surface area contributed by atoms with Crippen LogP contribution in [0.1, 0.15) is 5.56 Å². The summed E-state index contributed by atoms with van der Waals surface area (Å²) in [5, 5.41) is 7.54. The van der Waals surface area contributed by atoms with Gasteiger partial charge in [-0.25, -0.2) is 4.21 Å². The van der Waals surface area contributed by atoms with Crippen LogP contribution in [0.15, 0.2) is 29.2 Å². The van der Waals surface area contributed by atoms with Crippen LogP contribution in [0.2, 0.25) is 0 Å². The molecule has 1 aromatic heterocycles. The van der Waals surface area contributed by atoms with E-state index in [4.69, 9.17) is 21.1 Å². The molecule has 0 aliphatic carbocycles. The molecule has 0 aliphatic rings. The monoisotopic (exact) mass is 287 g/mol. The molecule has 0 saturated heterocycles. The van der Waals surface area contributed by atoms with Crippen molar-refractivity contribution >= 4 is 36.4 Å². The van der Waals surface area contributed by atoms with Crippen molar-refractivity contribution in [3.05, 3.63) is 29.8 Å². The molecule has 0 radical (unpaired) electrons. The fourth-order valence-electron chi connectivity index (χ4n) is 1.10. The van der Waals surface area contributed by atoms with Crippen molar-refractivity contribution in [2.24, 2.45) is 0 Å². The molecule has 1 atom stereocenters. The molecule has 1 aromatic carbocycles. The minimum Gasteiger partial charge on any atom is -0.374 e. The lowest BCUT2D eigenvalue weighted by molar-refractivity contribution is 0.551. The van der Waals surface area contributed by atoms with Crippen LogP contribution in [-0.4, -0.2) is 14.4 Å². The SMILES string of the molecule is Cc1ccc(S(=O)(=S)Oc2nnc(N)s2)cc1. The molecule has 5 nitrogen and oxygen atoms in total. The Hall–Kier alpha value is -1.25. The van der Waals surface area contributed by atoms with Gasteiger partial charge in [0.05, 0.1) is 4.90 Å². The molecule has 2 rings (SSSR count). The zero-order valence-corrected chi connectivity index (χ0v) is 11.3. The minimum atomic E-state index is -3.03. The van der Waals surface area contributed by atoms with E-state index in [0.717, 1.165) is 16.9 Å². The van der Waals surface area contributed by atoms with Gasteiger partial charge in [0.1, 0.15) is 0 Å². The van der Waals surface area contributed by atoms with Crippen molar-refractivity contribution < 1.29 is 8.39 Å². The van der Waals surface area contributed by atoms with E-state index < -0.39 is 8.77 Å². The smallest absolute Gasteiger partial charge is 0.311 e. The molecule has 0 amide bonds. The summed E-state index contributed by atoms with van der Waals surface area (Å²) in [5.41, 5.74) is 6.45. The lowest BCUT2D eigenvalue weighted by Gasteiger charge is -2.06. The number of nitrogens with two attached hydrogens (primary N) is 1. The highest BCUT2D eigenvalue weighted by atomic mass is 32.8. The summed E-state index contributed by atoms with van der Waals surface area (Å²) in [6.07, 6.45) is 0.